The Balaban J connectivity index is 2.04. The van der Waals surface area contributed by atoms with E-state index in [1.165, 1.54) is 6.92 Å². The molecule has 0 aromatic heterocycles. The Morgan fingerprint density at radius 1 is 1.40 bits per heavy atom. The molecule has 6 heteroatoms. The van der Waals surface area contributed by atoms with Gasteiger partial charge in [-0.3, -0.25) is 4.79 Å². The van der Waals surface area contributed by atoms with Crippen LogP contribution in [0.2, 0.25) is 0 Å². The lowest BCUT2D eigenvalue weighted by molar-refractivity contribution is -0.139. The summed E-state index contributed by atoms with van der Waals surface area (Å²) < 4.78 is 0.881. The topological polar surface area (TPSA) is 67.6 Å². The number of hydrogen-bond acceptors (Lipinski definition) is 4. The second-order valence-corrected chi connectivity index (χ2v) is 5.62. The van der Waals surface area contributed by atoms with Crippen molar-refractivity contribution in [1.82, 2.24) is 4.90 Å². The van der Waals surface area contributed by atoms with E-state index in [9.17, 15) is 9.90 Å². The third kappa shape index (κ3) is 3.11. The van der Waals surface area contributed by atoms with E-state index in [0.717, 1.165) is 10.2 Å². The van der Waals surface area contributed by atoms with Gasteiger partial charge in [-0.2, -0.15) is 5.26 Å². The van der Waals surface area contributed by atoms with Gasteiger partial charge in [0.05, 0.1) is 17.3 Å². The van der Waals surface area contributed by atoms with Gasteiger partial charge >= 0.3 is 0 Å². The van der Waals surface area contributed by atoms with Crippen molar-refractivity contribution in [3.05, 3.63) is 28.2 Å². The summed E-state index contributed by atoms with van der Waals surface area (Å²) in [5, 5.41) is 18.2. The van der Waals surface area contributed by atoms with Crippen LogP contribution in [0.4, 0.5) is 5.69 Å². The summed E-state index contributed by atoms with van der Waals surface area (Å²) in [6.07, 6.45) is -0.941. The Kier molecular flexibility index (Phi) is 4.63. The molecule has 2 rings (SSSR count). The highest BCUT2D eigenvalue weighted by Crippen LogP contribution is 2.28. The molecule has 1 fully saturated rings. The highest BCUT2D eigenvalue weighted by atomic mass is 79.9. The van der Waals surface area contributed by atoms with E-state index < -0.39 is 6.10 Å². The van der Waals surface area contributed by atoms with E-state index in [1.54, 1.807) is 17.0 Å². The maximum Gasteiger partial charge on any atom is 0.251 e. The molecule has 0 spiro atoms. The average Bonchev–Trinajstić information content (AvgIpc) is 2.46. The van der Waals surface area contributed by atoms with Crippen LogP contribution >= 0.6 is 15.9 Å². The first-order valence-corrected chi connectivity index (χ1v) is 7.23. The number of halogens is 1. The first-order valence-electron chi connectivity index (χ1n) is 6.44. The van der Waals surface area contributed by atoms with Crippen molar-refractivity contribution >= 4 is 27.5 Å². The Morgan fingerprint density at radius 3 is 2.55 bits per heavy atom. The predicted octanol–water partition coefficient (Wildman–Crippen LogP) is 1.35. The van der Waals surface area contributed by atoms with Gasteiger partial charge in [-0.1, -0.05) is 0 Å². The largest absolute Gasteiger partial charge is 0.384 e. The smallest absolute Gasteiger partial charge is 0.251 e. The van der Waals surface area contributed by atoms with Crippen molar-refractivity contribution < 1.29 is 9.90 Å². The Labute approximate surface area is 126 Å². The summed E-state index contributed by atoms with van der Waals surface area (Å²) in [4.78, 5) is 15.5. The van der Waals surface area contributed by atoms with Crippen LogP contribution in [0.25, 0.3) is 0 Å². The first kappa shape index (κ1) is 14.8. The fourth-order valence-corrected chi connectivity index (χ4v) is 2.89. The van der Waals surface area contributed by atoms with Crippen LogP contribution in [0, 0.1) is 11.3 Å². The van der Waals surface area contributed by atoms with Crippen molar-refractivity contribution in [3.63, 3.8) is 0 Å². The van der Waals surface area contributed by atoms with E-state index >= 15 is 0 Å². The summed E-state index contributed by atoms with van der Waals surface area (Å²) in [6, 6.07) is 7.59. The van der Waals surface area contributed by atoms with Gasteiger partial charge in [0, 0.05) is 30.7 Å². The van der Waals surface area contributed by atoms with Crippen molar-refractivity contribution in [2.75, 3.05) is 31.1 Å². The van der Waals surface area contributed by atoms with Gasteiger partial charge in [-0.25, -0.2) is 0 Å². The molecule has 1 amide bonds. The van der Waals surface area contributed by atoms with Crippen LogP contribution in [-0.2, 0) is 4.79 Å². The Hall–Kier alpha value is -1.58. The summed E-state index contributed by atoms with van der Waals surface area (Å²) in [6.45, 7) is 4.10. The molecule has 1 aromatic rings. The van der Waals surface area contributed by atoms with Gasteiger partial charge in [0.2, 0.25) is 0 Å². The molecule has 0 aliphatic carbocycles. The second kappa shape index (κ2) is 6.25. The number of carbonyl (C=O) groups is 1. The number of benzene rings is 1. The van der Waals surface area contributed by atoms with Crippen LogP contribution in [-0.4, -0.2) is 48.2 Å². The number of aliphatic hydroxyl groups is 1. The number of rotatable bonds is 2. The van der Waals surface area contributed by atoms with Crippen molar-refractivity contribution in [2.45, 2.75) is 13.0 Å². The minimum Gasteiger partial charge on any atom is -0.384 e. The van der Waals surface area contributed by atoms with Gasteiger partial charge in [0.15, 0.2) is 0 Å². The monoisotopic (exact) mass is 337 g/mol. The highest BCUT2D eigenvalue weighted by Gasteiger charge is 2.24. The molecule has 1 heterocycles. The molecular weight excluding hydrogens is 322 g/mol. The molecule has 1 unspecified atom stereocenters. The number of amides is 1. The van der Waals surface area contributed by atoms with Crippen LogP contribution in [0.5, 0.6) is 0 Å². The molecule has 1 N–H and O–H groups in total. The highest BCUT2D eigenvalue weighted by molar-refractivity contribution is 9.10. The van der Waals surface area contributed by atoms with Crippen molar-refractivity contribution in [1.29, 1.82) is 5.26 Å². The lowest BCUT2D eigenvalue weighted by atomic mass is 10.2. The molecule has 0 bridgehead atoms. The molecule has 1 atom stereocenters. The summed E-state index contributed by atoms with van der Waals surface area (Å²) in [5.41, 5.74) is 1.64. The zero-order valence-corrected chi connectivity index (χ0v) is 12.8. The minimum absolute atomic E-state index is 0.219. The lowest BCUT2D eigenvalue weighted by Crippen LogP contribution is -2.51. The molecular formula is C14H16BrN3O2. The van der Waals surface area contributed by atoms with Gasteiger partial charge in [-0.15, -0.1) is 0 Å². The molecule has 1 saturated heterocycles. The lowest BCUT2D eigenvalue weighted by Gasteiger charge is -2.37. The van der Waals surface area contributed by atoms with Gasteiger partial charge in [0.1, 0.15) is 6.10 Å². The number of anilines is 1. The molecule has 20 heavy (non-hydrogen) atoms. The number of carbonyl (C=O) groups excluding carboxylic acids is 1. The zero-order valence-electron chi connectivity index (χ0n) is 11.2. The van der Waals surface area contributed by atoms with E-state index in [1.807, 2.05) is 6.07 Å². The number of nitriles is 1. The maximum absolute atomic E-state index is 11.7. The van der Waals surface area contributed by atoms with Crippen LogP contribution in [0.3, 0.4) is 0 Å². The predicted molar refractivity (Wildman–Crippen MR) is 79.3 cm³/mol. The summed E-state index contributed by atoms with van der Waals surface area (Å²) >= 11 is 3.48. The van der Waals surface area contributed by atoms with Crippen LogP contribution < -0.4 is 4.90 Å². The van der Waals surface area contributed by atoms with Crippen LogP contribution in [0.1, 0.15) is 12.5 Å². The Bertz CT molecular complexity index is 546. The van der Waals surface area contributed by atoms with E-state index in [-0.39, 0.29) is 5.91 Å². The molecule has 5 nitrogen and oxygen atoms in total. The number of piperazine rings is 1. The second-order valence-electron chi connectivity index (χ2n) is 4.77. The van der Waals surface area contributed by atoms with E-state index in [4.69, 9.17) is 5.26 Å². The minimum atomic E-state index is -0.941. The van der Waals surface area contributed by atoms with Gasteiger partial charge in [-0.05, 0) is 41.1 Å². The molecule has 0 saturated carbocycles. The van der Waals surface area contributed by atoms with Gasteiger partial charge in [0.25, 0.3) is 5.91 Å². The van der Waals surface area contributed by atoms with Gasteiger partial charge < -0.3 is 14.9 Å². The number of hydrogen-bond donors (Lipinski definition) is 1. The maximum atomic E-state index is 11.7. The van der Waals surface area contributed by atoms with E-state index in [0.29, 0.717) is 31.7 Å². The first-order chi connectivity index (χ1) is 9.52. The molecule has 106 valence electrons. The fourth-order valence-electron chi connectivity index (χ4n) is 2.26. The number of aliphatic hydroxyl groups excluding tert-OH is 1. The summed E-state index contributed by atoms with van der Waals surface area (Å²) in [5.74, 6) is -0.219. The Morgan fingerprint density at radius 2 is 2.05 bits per heavy atom. The fraction of sp³-hybridized carbons (Fsp3) is 0.429. The average molecular weight is 338 g/mol. The van der Waals surface area contributed by atoms with Crippen molar-refractivity contribution in [2.24, 2.45) is 0 Å². The van der Waals surface area contributed by atoms with Crippen molar-refractivity contribution in [3.8, 4) is 6.07 Å². The molecule has 0 radical (unpaired) electrons. The van der Waals surface area contributed by atoms with Crippen LogP contribution in [0.15, 0.2) is 22.7 Å². The quantitative estimate of drug-likeness (QED) is 0.884. The summed E-state index contributed by atoms with van der Waals surface area (Å²) in [7, 11) is 0. The third-order valence-corrected chi connectivity index (χ3v) is 4.00. The zero-order chi connectivity index (χ0) is 14.7. The molecule has 1 aromatic carbocycles. The molecule has 1 aliphatic heterocycles. The standard InChI is InChI=1S/C14H16BrN3O2/c1-10(19)14(20)18-6-4-17(5-7-18)13-3-2-11(9-16)8-12(13)15/h2-3,8,10,19H,4-7H2,1H3. The molecule has 1 aliphatic rings. The normalized spacial score (nSPS) is 16.7. The number of nitrogens with zero attached hydrogens (tertiary/aromatic N) is 3. The van der Waals surface area contributed by atoms with E-state index in [2.05, 4.69) is 26.9 Å². The SMILES string of the molecule is CC(O)C(=O)N1CCN(c2ccc(C#N)cc2Br)CC1. The third-order valence-electron chi connectivity index (χ3n) is 3.37.